The topological polar surface area (TPSA) is 62.2 Å². The van der Waals surface area contributed by atoms with E-state index in [9.17, 15) is 14.0 Å². The van der Waals surface area contributed by atoms with Crippen LogP contribution >= 0.6 is 22.9 Å². The van der Waals surface area contributed by atoms with Gasteiger partial charge in [-0.15, -0.1) is 11.3 Å². The molecule has 0 N–H and O–H groups in total. The van der Waals surface area contributed by atoms with E-state index in [0.29, 0.717) is 11.4 Å². The van der Waals surface area contributed by atoms with E-state index in [0.717, 1.165) is 16.2 Å². The molecule has 1 aromatic heterocycles. The number of benzene rings is 2. The van der Waals surface area contributed by atoms with E-state index in [2.05, 4.69) is 5.10 Å². The molecule has 6 nitrogen and oxygen atoms in total. The standard InChI is InChI=1S/C25H23ClFN3O3S/c1-33-13-12-29(25(32)19-5-2-3-6-20(19)27)16-24(31)30-22(17-8-10-18(26)11-9-17)15-21(28-30)23-7-4-14-34-23/h2-11,14,22H,12-13,15-16H2,1H3. The van der Waals surface area contributed by atoms with Crippen LogP contribution in [0.2, 0.25) is 5.02 Å². The molecular formula is C25H23ClFN3O3S. The largest absolute Gasteiger partial charge is 0.383 e. The zero-order chi connectivity index (χ0) is 24.1. The molecule has 176 valence electrons. The van der Waals surface area contributed by atoms with Crippen molar-refractivity contribution in [2.24, 2.45) is 5.10 Å². The predicted molar refractivity (Wildman–Crippen MR) is 131 cm³/mol. The third-order valence-corrected chi connectivity index (χ3v) is 6.68. The zero-order valence-electron chi connectivity index (χ0n) is 18.5. The van der Waals surface area contributed by atoms with Gasteiger partial charge in [0.2, 0.25) is 0 Å². The quantitative estimate of drug-likeness (QED) is 0.438. The summed E-state index contributed by atoms with van der Waals surface area (Å²) in [4.78, 5) is 28.8. The number of hydrazone groups is 1. The van der Waals surface area contributed by atoms with Crippen LogP contribution in [0.4, 0.5) is 4.39 Å². The van der Waals surface area contributed by atoms with Gasteiger partial charge in [-0.1, -0.05) is 41.9 Å². The van der Waals surface area contributed by atoms with Crippen LogP contribution in [-0.4, -0.2) is 54.2 Å². The normalized spacial score (nSPS) is 15.3. The minimum absolute atomic E-state index is 0.0927. The first-order valence-corrected chi connectivity index (χ1v) is 12.0. The molecule has 9 heteroatoms. The predicted octanol–water partition coefficient (Wildman–Crippen LogP) is 5.01. The van der Waals surface area contributed by atoms with Crippen LogP contribution in [0.3, 0.4) is 0 Å². The minimum atomic E-state index is -0.638. The first-order chi connectivity index (χ1) is 16.5. The number of nitrogens with zero attached hydrogens (tertiary/aromatic N) is 3. The lowest BCUT2D eigenvalue weighted by Crippen LogP contribution is -2.43. The molecule has 0 aliphatic carbocycles. The van der Waals surface area contributed by atoms with Crippen molar-refractivity contribution in [2.75, 3.05) is 26.8 Å². The van der Waals surface area contributed by atoms with Crippen LogP contribution in [0.25, 0.3) is 0 Å². The Hall–Kier alpha value is -3.07. The summed E-state index contributed by atoms with van der Waals surface area (Å²) in [6.45, 7) is 0.0794. The van der Waals surface area contributed by atoms with E-state index < -0.39 is 11.7 Å². The van der Waals surface area contributed by atoms with Gasteiger partial charge in [0.25, 0.3) is 11.8 Å². The summed E-state index contributed by atoms with van der Waals surface area (Å²) in [7, 11) is 1.50. The van der Waals surface area contributed by atoms with Crippen molar-refractivity contribution in [1.29, 1.82) is 0 Å². The molecule has 0 radical (unpaired) electrons. The van der Waals surface area contributed by atoms with Gasteiger partial charge in [0.05, 0.1) is 28.8 Å². The lowest BCUT2D eigenvalue weighted by molar-refractivity contribution is -0.133. The lowest BCUT2D eigenvalue weighted by Gasteiger charge is -2.27. The number of carbonyl (C=O) groups excluding carboxylic acids is 2. The summed E-state index contributed by atoms with van der Waals surface area (Å²) in [6.07, 6.45) is 0.535. The van der Waals surface area contributed by atoms with Crippen molar-refractivity contribution in [3.8, 4) is 0 Å². The fraction of sp³-hybridized carbons (Fsp3) is 0.240. The Morgan fingerprint density at radius 3 is 2.62 bits per heavy atom. The number of halogens is 2. The molecule has 0 fully saturated rings. The summed E-state index contributed by atoms with van der Waals surface area (Å²) in [5.74, 6) is -1.58. The van der Waals surface area contributed by atoms with E-state index in [1.807, 2.05) is 29.6 Å². The third kappa shape index (κ3) is 5.35. The fourth-order valence-corrected chi connectivity index (χ4v) is 4.62. The van der Waals surface area contributed by atoms with Crippen LogP contribution in [0.1, 0.15) is 33.3 Å². The van der Waals surface area contributed by atoms with E-state index in [1.165, 1.54) is 35.2 Å². The monoisotopic (exact) mass is 499 g/mol. The maximum Gasteiger partial charge on any atom is 0.262 e. The zero-order valence-corrected chi connectivity index (χ0v) is 20.1. The molecule has 2 heterocycles. The third-order valence-electron chi connectivity index (χ3n) is 5.51. The number of methoxy groups -OCH3 is 1. The molecular weight excluding hydrogens is 477 g/mol. The van der Waals surface area contributed by atoms with Crippen molar-refractivity contribution in [3.63, 3.8) is 0 Å². The second-order valence-corrected chi connectivity index (χ2v) is 9.12. The van der Waals surface area contributed by atoms with Crippen LogP contribution in [0.15, 0.2) is 71.1 Å². The molecule has 1 aliphatic rings. The highest BCUT2D eigenvalue weighted by Crippen LogP contribution is 2.34. The maximum atomic E-state index is 14.3. The summed E-state index contributed by atoms with van der Waals surface area (Å²) in [6, 6.07) is 16.6. The Kier molecular flexibility index (Phi) is 7.72. The number of carbonyl (C=O) groups is 2. The van der Waals surface area contributed by atoms with E-state index in [4.69, 9.17) is 16.3 Å². The molecule has 1 aliphatic heterocycles. The number of rotatable bonds is 8. The summed E-state index contributed by atoms with van der Waals surface area (Å²) in [5, 5.41) is 8.61. The van der Waals surface area contributed by atoms with Crippen LogP contribution in [0, 0.1) is 5.82 Å². The molecule has 34 heavy (non-hydrogen) atoms. The molecule has 2 amide bonds. The Labute approximate surface area is 206 Å². The van der Waals surface area contributed by atoms with Gasteiger partial charge in [-0.25, -0.2) is 9.40 Å². The van der Waals surface area contributed by atoms with Gasteiger partial charge in [-0.2, -0.15) is 5.10 Å². The van der Waals surface area contributed by atoms with Crippen LogP contribution in [0.5, 0.6) is 0 Å². The highest BCUT2D eigenvalue weighted by molar-refractivity contribution is 7.12. The minimum Gasteiger partial charge on any atom is -0.383 e. The smallest absolute Gasteiger partial charge is 0.262 e. The van der Waals surface area contributed by atoms with Crippen LogP contribution < -0.4 is 0 Å². The van der Waals surface area contributed by atoms with Crippen molar-refractivity contribution in [2.45, 2.75) is 12.5 Å². The van der Waals surface area contributed by atoms with E-state index in [1.54, 1.807) is 29.5 Å². The molecule has 1 unspecified atom stereocenters. The molecule has 3 aromatic rings. The average molecular weight is 500 g/mol. The van der Waals surface area contributed by atoms with Gasteiger partial charge in [-0.05, 0) is 41.3 Å². The second kappa shape index (κ2) is 10.9. The first kappa shape index (κ1) is 24.1. The average Bonchev–Trinajstić information content (AvgIpc) is 3.52. The van der Waals surface area contributed by atoms with Crippen molar-refractivity contribution < 1.29 is 18.7 Å². The van der Waals surface area contributed by atoms with E-state index in [-0.39, 0.29) is 37.2 Å². The van der Waals surface area contributed by atoms with Crippen molar-refractivity contribution >= 4 is 40.5 Å². The van der Waals surface area contributed by atoms with Crippen molar-refractivity contribution in [1.82, 2.24) is 9.91 Å². The Morgan fingerprint density at radius 1 is 1.18 bits per heavy atom. The molecule has 0 spiro atoms. The van der Waals surface area contributed by atoms with Crippen molar-refractivity contribution in [3.05, 3.63) is 92.9 Å². The summed E-state index contributed by atoms with van der Waals surface area (Å²) in [5.41, 5.74) is 1.59. The van der Waals surface area contributed by atoms with Gasteiger partial charge in [0.15, 0.2) is 0 Å². The van der Waals surface area contributed by atoms with Gasteiger partial charge in [-0.3, -0.25) is 9.59 Å². The lowest BCUT2D eigenvalue weighted by atomic mass is 10.0. The summed E-state index contributed by atoms with van der Waals surface area (Å²) >= 11 is 7.61. The van der Waals surface area contributed by atoms with Crippen LogP contribution in [-0.2, 0) is 9.53 Å². The second-order valence-electron chi connectivity index (χ2n) is 7.73. The van der Waals surface area contributed by atoms with Gasteiger partial charge < -0.3 is 9.64 Å². The first-order valence-electron chi connectivity index (χ1n) is 10.7. The Bertz CT molecular complexity index is 1180. The highest BCUT2D eigenvalue weighted by Gasteiger charge is 2.35. The maximum absolute atomic E-state index is 14.3. The van der Waals surface area contributed by atoms with E-state index >= 15 is 0 Å². The molecule has 4 rings (SSSR count). The number of hydrogen-bond donors (Lipinski definition) is 0. The molecule has 0 saturated carbocycles. The SMILES string of the molecule is COCCN(CC(=O)N1N=C(c2cccs2)CC1c1ccc(Cl)cc1)C(=O)c1ccccc1F. The fourth-order valence-electron chi connectivity index (χ4n) is 3.77. The van der Waals surface area contributed by atoms with Gasteiger partial charge in [0.1, 0.15) is 12.4 Å². The highest BCUT2D eigenvalue weighted by atomic mass is 35.5. The Balaban J connectivity index is 1.61. The Morgan fingerprint density at radius 2 is 1.94 bits per heavy atom. The van der Waals surface area contributed by atoms with Gasteiger partial charge in [0, 0.05) is 25.1 Å². The number of ether oxygens (including phenoxy) is 1. The number of amides is 2. The number of thiophene rings is 1. The van der Waals surface area contributed by atoms with Gasteiger partial charge >= 0.3 is 0 Å². The molecule has 0 saturated heterocycles. The molecule has 0 bridgehead atoms. The molecule has 1 atom stereocenters. The summed E-state index contributed by atoms with van der Waals surface area (Å²) < 4.78 is 19.4. The number of hydrogen-bond acceptors (Lipinski definition) is 5. The molecule has 2 aromatic carbocycles.